The molecule has 2 aliphatic rings. The number of aromatic carboxylic acids is 1. The fraction of sp³-hybridized carbons (Fsp3) is 0.150. The van der Waals surface area contributed by atoms with Crippen LogP contribution in [0.4, 0.5) is 0 Å². The zero-order chi connectivity index (χ0) is 18.5. The molecule has 1 N–H and O–H groups in total. The molecule has 0 fully saturated rings. The summed E-state index contributed by atoms with van der Waals surface area (Å²) in [6.07, 6.45) is 4.61. The lowest BCUT2D eigenvalue weighted by atomic mass is 10.1. The van der Waals surface area contributed by atoms with E-state index in [9.17, 15) is 9.59 Å². The first-order valence-corrected chi connectivity index (χ1v) is 8.49. The number of ether oxygens (including phenoxy) is 2. The lowest BCUT2D eigenvalue weighted by Gasteiger charge is -2.06. The molecule has 1 aliphatic heterocycles. The highest BCUT2D eigenvalue weighted by Crippen LogP contribution is 2.35. The van der Waals surface area contributed by atoms with Crippen LogP contribution in [-0.4, -0.2) is 27.3 Å². The van der Waals surface area contributed by atoms with Crippen LogP contribution in [0.5, 0.6) is 11.5 Å². The van der Waals surface area contributed by atoms with Crippen LogP contribution in [0.25, 0.3) is 17.3 Å². The number of hydrogen-bond donors (Lipinski definition) is 1. The van der Waals surface area contributed by atoms with Crippen molar-refractivity contribution in [3.63, 3.8) is 0 Å². The molecule has 2 aromatic heterocycles. The van der Waals surface area contributed by atoms with Gasteiger partial charge in [-0.2, -0.15) is 0 Å². The SMILES string of the molecule is O=C(O)c1ccc2nc3c(c(=O)n2c1)CC/C3=C\c1ccc2c(c1)OCO2. The first kappa shape index (κ1) is 15.6. The Morgan fingerprint density at radius 1 is 1.15 bits per heavy atom. The number of allylic oxidation sites excluding steroid dienone is 1. The topological polar surface area (TPSA) is 90.1 Å². The van der Waals surface area contributed by atoms with Gasteiger partial charge in [0, 0.05) is 11.8 Å². The number of carboxylic acid groups (broad SMARTS) is 1. The Labute approximate surface area is 153 Å². The third-order valence-corrected chi connectivity index (χ3v) is 4.85. The number of hydrogen-bond acceptors (Lipinski definition) is 5. The zero-order valence-electron chi connectivity index (χ0n) is 14.1. The Morgan fingerprint density at radius 2 is 2.00 bits per heavy atom. The Hall–Kier alpha value is -3.61. The van der Waals surface area contributed by atoms with Gasteiger partial charge in [-0.1, -0.05) is 6.07 Å². The molecule has 7 heteroatoms. The number of fused-ring (bicyclic) bond motifs is 3. The number of rotatable bonds is 2. The number of aromatic nitrogens is 2. The fourth-order valence-electron chi connectivity index (χ4n) is 3.52. The summed E-state index contributed by atoms with van der Waals surface area (Å²) >= 11 is 0. The number of carboxylic acids is 1. The minimum atomic E-state index is -1.08. The summed E-state index contributed by atoms with van der Waals surface area (Å²) in [5, 5.41) is 9.14. The second-order valence-corrected chi connectivity index (χ2v) is 6.48. The van der Waals surface area contributed by atoms with Crippen molar-refractivity contribution < 1.29 is 19.4 Å². The minimum absolute atomic E-state index is 0.0560. The fourth-order valence-corrected chi connectivity index (χ4v) is 3.52. The van der Waals surface area contributed by atoms with E-state index in [0.717, 1.165) is 16.9 Å². The van der Waals surface area contributed by atoms with E-state index in [1.807, 2.05) is 24.3 Å². The predicted octanol–water partition coefficient (Wildman–Crippen LogP) is 2.61. The van der Waals surface area contributed by atoms with E-state index in [2.05, 4.69) is 4.98 Å². The number of benzene rings is 1. The van der Waals surface area contributed by atoms with E-state index in [1.54, 1.807) is 6.07 Å². The van der Waals surface area contributed by atoms with Crippen molar-refractivity contribution in [3.8, 4) is 11.5 Å². The highest BCUT2D eigenvalue weighted by atomic mass is 16.7. The quantitative estimate of drug-likeness (QED) is 0.754. The van der Waals surface area contributed by atoms with Crippen LogP contribution in [0, 0.1) is 0 Å². The van der Waals surface area contributed by atoms with Crippen molar-refractivity contribution in [1.82, 2.24) is 9.38 Å². The maximum Gasteiger partial charge on any atom is 0.337 e. The second kappa shape index (κ2) is 5.70. The summed E-state index contributed by atoms with van der Waals surface area (Å²) in [6.45, 7) is 0.223. The summed E-state index contributed by atoms with van der Waals surface area (Å²) < 4.78 is 12.1. The third-order valence-electron chi connectivity index (χ3n) is 4.85. The van der Waals surface area contributed by atoms with Gasteiger partial charge in [0.15, 0.2) is 11.5 Å². The molecule has 0 bridgehead atoms. The highest BCUT2D eigenvalue weighted by molar-refractivity contribution is 5.88. The van der Waals surface area contributed by atoms with Crippen LogP contribution in [-0.2, 0) is 6.42 Å². The van der Waals surface area contributed by atoms with Crippen LogP contribution >= 0.6 is 0 Å². The van der Waals surface area contributed by atoms with Gasteiger partial charge < -0.3 is 14.6 Å². The van der Waals surface area contributed by atoms with Gasteiger partial charge in [0.2, 0.25) is 6.79 Å². The average molecular weight is 362 g/mol. The molecule has 1 aliphatic carbocycles. The normalized spacial score (nSPS) is 16.1. The number of carbonyl (C=O) groups is 1. The van der Waals surface area contributed by atoms with E-state index in [-0.39, 0.29) is 17.9 Å². The third kappa shape index (κ3) is 2.47. The molecular formula is C20H14N2O5. The van der Waals surface area contributed by atoms with Gasteiger partial charge in [-0.15, -0.1) is 0 Å². The summed E-state index contributed by atoms with van der Waals surface area (Å²) in [7, 11) is 0. The summed E-state index contributed by atoms with van der Waals surface area (Å²) in [5.74, 6) is 0.351. The highest BCUT2D eigenvalue weighted by Gasteiger charge is 2.23. The largest absolute Gasteiger partial charge is 0.478 e. The van der Waals surface area contributed by atoms with Gasteiger partial charge in [0.05, 0.1) is 11.3 Å². The number of nitrogens with zero attached hydrogens (tertiary/aromatic N) is 2. The van der Waals surface area contributed by atoms with E-state index in [0.29, 0.717) is 35.5 Å². The monoisotopic (exact) mass is 362 g/mol. The van der Waals surface area contributed by atoms with Crippen LogP contribution in [0.1, 0.15) is 33.6 Å². The Bertz CT molecular complexity index is 1210. The first-order valence-electron chi connectivity index (χ1n) is 8.49. The maximum atomic E-state index is 12.8. The van der Waals surface area contributed by atoms with Crippen LogP contribution in [0.15, 0.2) is 41.3 Å². The molecule has 7 nitrogen and oxygen atoms in total. The molecule has 0 saturated heterocycles. The van der Waals surface area contributed by atoms with Gasteiger partial charge in [0.25, 0.3) is 5.56 Å². The zero-order valence-corrected chi connectivity index (χ0v) is 14.1. The van der Waals surface area contributed by atoms with Crippen molar-refractivity contribution in [2.45, 2.75) is 12.8 Å². The van der Waals surface area contributed by atoms with Gasteiger partial charge in [-0.05, 0) is 54.3 Å². The molecule has 134 valence electrons. The molecule has 0 atom stereocenters. The van der Waals surface area contributed by atoms with Gasteiger partial charge in [0.1, 0.15) is 5.65 Å². The summed E-state index contributed by atoms with van der Waals surface area (Å²) in [6, 6.07) is 8.71. The predicted molar refractivity (Wildman–Crippen MR) is 97.2 cm³/mol. The van der Waals surface area contributed by atoms with Crippen molar-refractivity contribution in [2.75, 3.05) is 6.79 Å². The minimum Gasteiger partial charge on any atom is -0.478 e. The molecule has 3 aromatic rings. The Morgan fingerprint density at radius 3 is 2.85 bits per heavy atom. The average Bonchev–Trinajstić information content (AvgIpc) is 3.28. The second-order valence-electron chi connectivity index (χ2n) is 6.48. The van der Waals surface area contributed by atoms with Crippen molar-refractivity contribution >= 4 is 23.3 Å². The summed E-state index contributed by atoms with van der Waals surface area (Å²) in [5.41, 5.74) is 3.49. The van der Waals surface area contributed by atoms with Crippen molar-refractivity contribution in [2.24, 2.45) is 0 Å². The van der Waals surface area contributed by atoms with Crippen molar-refractivity contribution in [1.29, 1.82) is 0 Å². The molecular weight excluding hydrogens is 348 g/mol. The molecule has 0 spiro atoms. The number of pyridine rings is 1. The first-order chi connectivity index (χ1) is 13.1. The van der Waals surface area contributed by atoms with Gasteiger partial charge >= 0.3 is 5.97 Å². The Balaban J connectivity index is 1.62. The molecule has 5 rings (SSSR count). The van der Waals surface area contributed by atoms with E-state index < -0.39 is 5.97 Å². The lowest BCUT2D eigenvalue weighted by Crippen LogP contribution is -2.20. The van der Waals surface area contributed by atoms with Crippen LogP contribution in [0.2, 0.25) is 0 Å². The molecule has 0 unspecified atom stereocenters. The molecule has 0 amide bonds. The molecule has 1 aromatic carbocycles. The van der Waals surface area contributed by atoms with Crippen molar-refractivity contribution in [3.05, 3.63) is 69.3 Å². The van der Waals surface area contributed by atoms with Gasteiger partial charge in [-0.3, -0.25) is 9.20 Å². The smallest absolute Gasteiger partial charge is 0.337 e. The van der Waals surface area contributed by atoms with E-state index in [4.69, 9.17) is 14.6 Å². The molecule has 0 radical (unpaired) electrons. The van der Waals surface area contributed by atoms with E-state index in [1.165, 1.54) is 16.7 Å². The van der Waals surface area contributed by atoms with Gasteiger partial charge in [-0.25, -0.2) is 9.78 Å². The van der Waals surface area contributed by atoms with Crippen LogP contribution < -0.4 is 15.0 Å². The molecule has 3 heterocycles. The summed E-state index contributed by atoms with van der Waals surface area (Å²) in [4.78, 5) is 28.6. The maximum absolute atomic E-state index is 12.8. The Kier molecular flexibility index (Phi) is 3.30. The molecule has 0 saturated carbocycles. The lowest BCUT2D eigenvalue weighted by molar-refractivity contribution is 0.0696. The molecule has 27 heavy (non-hydrogen) atoms. The standard InChI is InChI=1S/C20H14N2O5/c23-19-14-4-2-12(7-11-1-5-15-16(8-11)27-10-26-15)18(14)21-17-6-3-13(20(24)25)9-22(17)19/h1,3,5-9H,2,4,10H2,(H,24,25)/b12-7+. The van der Waals surface area contributed by atoms with E-state index >= 15 is 0 Å². The van der Waals surface area contributed by atoms with Crippen LogP contribution in [0.3, 0.4) is 0 Å².